The third-order valence-electron chi connectivity index (χ3n) is 2.26. The van der Waals surface area contributed by atoms with E-state index in [1.165, 1.54) is 31.3 Å². The molecule has 2 nitrogen and oxygen atoms in total. The van der Waals surface area contributed by atoms with Crippen LogP contribution in [0.2, 0.25) is 0 Å². The van der Waals surface area contributed by atoms with Gasteiger partial charge in [0.05, 0.1) is 6.54 Å². The molecule has 0 saturated heterocycles. The number of halogens is 4. The lowest BCUT2D eigenvalue weighted by atomic mass is 10.1. The monoisotopic (exact) mass is 250 g/mol. The summed E-state index contributed by atoms with van der Waals surface area (Å²) < 4.78 is 48.9. The van der Waals surface area contributed by atoms with Gasteiger partial charge in [0.1, 0.15) is 5.82 Å². The molecular weight excluding hydrogens is 236 g/mol. The highest BCUT2D eigenvalue weighted by atomic mass is 19.4. The summed E-state index contributed by atoms with van der Waals surface area (Å²) in [6.07, 6.45) is -4.24. The molecule has 1 aromatic rings. The molecule has 0 aliphatic rings. The Hall–Kier alpha value is -1.14. The van der Waals surface area contributed by atoms with Crippen molar-refractivity contribution in [2.45, 2.75) is 12.2 Å². The fourth-order valence-electron chi connectivity index (χ4n) is 1.52. The van der Waals surface area contributed by atoms with Crippen molar-refractivity contribution in [3.63, 3.8) is 0 Å². The third kappa shape index (κ3) is 5.14. The standard InChI is InChI=1S/C11H14F4N2/c1-17(7-11(13,14)15)6-10(16)8-2-4-9(12)5-3-8/h2-5,10H,6-7,16H2,1H3. The largest absolute Gasteiger partial charge is 0.401 e. The van der Waals surface area contributed by atoms with Crippen LogP contribution >= 0.6 is 0 Å². The van der Waals surface area contributed by atoms with Crippen molar-refractivity contribution in [1.29, 1.82) is 0 Å². The number of benzene rings is 1. The van der Waals surface area contributed by atoms with E-state index in [0.29, 0.717) is 5.56 Å². The van der Waals surface area contributed by atoms with Gasteiger partial charge < -0.3 is 5.73 Å². The normalized spacial score (nSPS) is 14.1. The van der Waals surface area contributed by atoms with E-state index in [-0.39, 0.29) is 6.54 Å². The van der Waals surface area contributed by atoms with Crippen molar-refractivity contribution in [2.24, 2.45) is 5.73 Å². The number of likely N-dealkylation sites (N-methyl/N-ethyl adjacent to an activating group) is 1. The second-order valence-electron chi connectivity index (χ2n) is 3.97. The van der Waals surface area contributed by atoms with E-state index in [4.69, 9.17) is 5.73 Å². The predicted octanol–water partition coefficient (Wildman–Crippen LogP) is 2.32. The van der Waals surface area contributed by atoms with E-state index in [2.05, 4.69) is 0 Å². The van der Waals surface area contributed by atoms with Crippen LogP contribution in [0.15, 0.2) is 24.3 Å². The highest BCUT2D eigenvalue weighted by Gasteiger charge is 2.29. The smallest absolute Gasteiger partial charge is 0.323 e. The Morgan fingerprint density at radius 2 is 1.76 bits per heavy atom. The van der Waals surface area contributed by atoms with Crippen molar-refractivity contribution in [2.75, 3.05) is 20.1 Å². The summed E-state index contributed by atoms with van der Waals surface area (Å²) in [6.45, 7) is -0.951. The quantitative estimate of drug-likeness (QED) is 0.831. The van der Waals surface area contributed by atoms with Gasteiger partial charge in [-0.05, 0) is 24.7 Å². The molecular formula is C11H14F4N2. The summed E-state index contributed by atoms with van der Waals surface area (Å²) in [6, 6.07) is 4.85. The van der Waals surface area contributed by atoms with Gasteiger partial charge in [-0.2, -0.15) is 13.2 Å². The summed E-state index contributed by atoms with van der Waals surface area (Å²) in [5.74, 6) is -0.399. The van der Waals surface area contributed by atoms with Gasteiger partial charge in [-0.25, -0.2) is 4.39 Å². The topological polar surface area (TPSA) is 29.3 Å². The van der Waals surface area contributed by atoms with Crippen LogP contribution in [0.5, 0.6) is 0 Å². The van der Waals surface area contributed by atoms with Gasteiger partial charge in [0.2, 0.25) is 0 Å². The molecule has 1 aromatic carbocycles. The SMILES string of the molecule is CN(CC(N)c1ccc(F)cc1)CC(F)(F)F. The zero-order chi connectivity index (χ0) is 13.1. The average Bonchev–Trinajstić information content (AvgIpc) is 2.15. The number of hydrogen-bond donors (Lipinski definition) is 1. The number of rotatable bonds is 4. The van der Waals surface area contributed by atoms with E-state index in [9.17, 15) is 17.6 Å². The minimum Gasteiger partial charge on any atom is -0.323 e. The molecule has 17 heavy (non-hydrogen) atoms. The first-order valence-electron chi connectivity index (χ1n) is 5.04. The number of alkyl halides is 3. The van der Waals surface area contributed by atoms with E-state index in [1.54, 1.807) is 0 Å². The summed E-state index contributed by atoms with van der Waals surface area (Å²) in [5.41, 5.74) is 6.34. The first kappa shape index (κ1) is 13.9. The highest BCUT2D eigenvalue weighted by molar-refractivity contribution is 5.19. The second-order valence-corrected chi connectivity index (χ2v) is 3.97. The Morgan fingerprint density at radius 3 is 2.24 bits per heavy atom. The van der Waals surface area contributed by atoms with Crippen LogP contribution in [-0.4, -0.2) is 31.2 Å². The predicted molar refractivity (Wildman–Crippen MR) is 56.9 cm³/mol. The molecule has 6 heteroatoms. The summed E-state index contributed by atoms with van der Waals surface area (Å²) >= 11 is 0. The highest BCUT2D eigenvalue weighted by Crippen LogP contribution is 2.18. The molecule has 0 spiro atoms. The van der Waals surface area contributed by atoms with Gasteiger partial charge in [-0.15, -0.1) is 0 Å². The number of nitrogens with zero attached hydrogens (tertiary/aromatic N) is 1. The van der Waals surface area contributed by atoms with Crippen LogP contribution in [0.3, 0.4) is 0 Å². The van der Waals surface area contributed by atoms with Crippen molar-refractivity contribution in [3.05, 3.63) is 35.6 Å². The number of hydrogen-bond acceptors (Lipinski definition) is 2. The molecule has 0 saturated carbocycles. The van der Waals surface area contributed by atoms with Crippen LogP contribution in [0.25, 0.3) is 0 Å². The molecule has 0 radical (unpaired) electrons. The summed E-state index contributed by atoms with van der Waals surface area (Å²) in [5, 5.41) is 0. The van der Waals surface area contributed by atoms with Crippen molar-refractivity contribution in [1.82, 2.24) is 4.90 Å². The molecule has 0 aliphatic carbocycles. The van der Waals surface area contributed by atoms with Gasteiger partial charge in [-0.1, -0.05) is 12.1 Å². The van der Waals surface area contributed by atoms with E-state index in [1.807, 2.05) is 0 Å². The lowest BCUT2D eigenvalue weighted by Gasteiger charge is -2.22. The van der Waals surface area contributed by atoms with Crippen molar-refractivity contribution in [3.8, 4) is 0 Å². The maximum atomic E-state index is 12.6. The minimum atomic E-state index is -4.24. The van der Waals surface area contributed by atoms with Crippen LogP contribution in [-0.2, 0) is 0 Å². The zero-order valence-electron chi connectivity index (χ0n) is 9.34. The first-order chi connectivity index (χ1) is 7.78. The maximum Gasteiger partial charge on any atom is 0.401 e. The van der Waals surface area contributed by atoms with Crippen LogP contribution in [0, 0.1) is 5.82 Å². The van der Waals surface area contributed by atoms with E-state index >= 15 is 0 Å². The third-order valence-corrected chi connectivity index (χ3v) is 2.26. The van der Waals surface area contributed by atoms with Crippen LogP contribution in [0.4, 0.5) is 17.6 Å². The van der Waals surface area contributed by atoms with Gasteiger partial charge in [0.15, 0.2) is 0 Å². The fraction of sp³-hybridized carbons (Fsp3) is 0.455. The molecule has 1 rings (SSSR count). The first-order valence-corrected chi connectivity index (χ1v) is 5.04. The fourth-order valence-corrected chi connectivity index (χ4v) is 1.52. The lowest BCUT2D eigenvalue weighted by molar-refractivity contribution is -0.143. The molecule has 0 aromatic heterocycles. The van der Waals surface area contributed by atoms with Crippen LogP contribution < -0.4 is 5.73 Å². The second kappa shape index (κ2) is 5.46. The van der Waals surface area contributed by atoms with E-state index < -0.39 is 24.6 Å². The Kier molecular flexibility index (Phi) is 4.47. The molecule has 2 N–H and O–H groups in total. The lowest BCUT2D eigenvalue weighted by Crippen LogP contribution is -2.36. The Morgan fingerprint density at radius 1 is 1.24 bits per heavy atom. The average molecular weight is 250 g/mol. The van der Waals surface area contributed by atoms with E-state index in [0.717, 1.165) is 4.90 Å². The van der Waals surface area contributed by atoms with Crippen molar-refractivity contribution >= 4 is 0 Å². The Balaban J connectivity index is 2.54. The Bertz CT molecular complexity index is 347. The van der Waals surface area contributed by atoms with Gasteiger partial charge in [0, 0.05) is 12.6 Å². The molecule has 1 unspecified atom stereocenters. The van der Waals surface area contributed by atoms with Gasteiger partial charge in [0.25, 0.3) is 0 Å². The Labute approximate surface area is 97.0 Å². The number of nitrogens with two attached hydrogens (primary N) is 1. The summed E-state index contributed by atoms with van der Waals surface area (Å²) in [4.78, 5) is 1.09. The molecule has 0 fully saturated rings. The molecule has 0 heterocycles. The van der Waals surface area contributed by atoms with Gasteiger partial charge in [-0.3, -0.25) is 4.90 Å². The maximum absolute atomic E-state index is 12.6. The van der Waals surface area contributed by atoms with Crippen LogP contribution in [0.1, 0.15) is 11.6 Å². The molecule has 0 aliphatic heterocycles. The molecule has 96 valence electrons. The molecule has 0 bridgehead atoms. The minimum absolute atomic E-state index is 0.0607. The molecule has 0 amide bonds. The summed E-state index contributed by atoms with van der Waals surface area (Å²) in [7, 11) is 1.34. The van der Waals surface area contributed by atoms with Crippen molar-refractivity contribution < 1.29 is 17.6 Å². The zero-order valence-corrected chi connectivity index (χ0v) is 9.34. The molecule has 1 atom stereocenters. The van der Waals surface area contributed by atoms with Gasteiger partial charge >= 0.3 is 6.18 Å².